The van der Waals surface area contributed by atoms with Gasteiger partial charge in [0.25, 0.3) is 0 Å². The first kappa shape index (κ1) is 25.5. The van der Waals surface area contributed by atoms with Crippen molar-refractivity contribution in [2.24, 2.45) is 0 Å². The number of aromatic nitrogens is 1. The molecule has 8 nitrogen and oxygen atoms in total. The third-order valence-electron chi connectivity index (χ3n) is 5.25. The van der Waals surface area contributed by atoms with Crippen LogP contribution >= 0.6 is 0 Å². The third-order valence-corrected chi connectivity index (χ3v) is 6.67. The number of ether oxygens (including phenoxy) is 1. The van der Waals surface area contributed by atoms with Crippen molar-refractivity contribution < 1.29 is 22.4 Å². The molecule has 9 heteroatoms. The number of carbonyl (C=O) groups is 1. The average molecular weight is 486 g/mol. The van der Waals surface area contributed by atoms with Gasteiger partial charge in [-0.3, -0.25) is 4.79 Å². The molecule has 34 heavy (non-hydrogen) atoms. The highest BCUT2D eigenvalue weighted by Gasteiger charge is 2.22. The van der Waals surface area contributed by atoms with Crippen LogP contribution in [-0.4, -0.2) is 57.2 Å². The van der Waals surface area contributed by atoms with Crippen molar-refractivity contribution in [3.05, 3.63) is 71.6 Å². The highest BCUT2D eigenvalue weighted by molar-refractivity contribution is 7.91. The van der Waals surface area contributed by atoms with Gasteiger partial charge in [0.15, 0.2) is 9.84 Å². The van der Waals surface area contributed by atoms with Gasteiger partial charge in [-0.25, -0.2) is 13.4 Å². The Morgan fingerprint density at radius 3 is 2.65 bits per heavy atom. The highest BCUT2D eigenvalue weighted by Crippen LogP contribution is 2.26. The van der Waals surface area contributed by atoms with Crippen molar-refractivity contribution in [3.63, 3.8) is 0 Å². The Morgan fingerprint density at radius 1 is 1.15 bits per heavy atom. The summed E-state index contributed by atoms with van der Waals surface area (Å²) in [7, 11) is -0.127. The monoisotopic (exact) mass is 485 g/mol. The number of amides is 1. The maximum absolute atomic E-state index is 12.6. The van der Waals surface area contributed by atoms with E-state index in [1.807, 2.05) is 25.2 Å². The molecule has 0 aliphatic heterocycles. The van der Waals surface area contributed by atoms with Gasteiger partial charge in [-0.15, -0.1) is 0 Å². The van der Waals surface area contributed by atoms with Gasteiger partial charge < -0.3 is 19.4 Å². The molecule has 2 aromatic carbocycles. The van der Waals surface area contributed by atoms with E-state index >= 15 is 0 Å². The second kappa shape index (κ2) is 11.8. The van der Waals surface area contributed by atoms with E-state index in [-0.39, 0.29) is 5.75 Å². The van der Waals surface area contributed by atoms with E-state index in [2.05, 4.69) is 27.3 Å². The second-order valence-corrected chi connectivity index (χ2v) is 10.3. The lowest BCUT2D eigenvalue weighted by molar-refractivity contribution is -0.118. The molecule has 0 unspecified atom stereocenters. The van der Waals surface area contributed by atoms with Crippen LogP contribution in [0.4, 0.5) is 0 Å². The molecule has 0 aliphatic carbocycles. The molecule has 1 N–H and O–H groups in total. The summed E-state index contributed by atoms with van der Waals surface area (Å²) in [4.78, 5) is 18.7. The summed E-state index contributed by atoms with van der Waals surface area (Å²) in [5.74, 6) is -0.105. The molecule has 0 saturated carbocycles. The number of hydrogen-bond acceptors (Lipinski definition) is 7. The molecule has 0 bridgehead atoms. The lowest BCUT2D eigenvalue weighted by Crippen LogP contribution is -2.33. The van der Waals surface area contributed by atoms with Crippen LogP contribution in [0.2, 0.25) is 0 Å². The Bertz CT molecular complexity index is 1190. The molecule has 3 rings (SSSR count). The molecule has 3 aromatic rings. The molecular formula is C25H31N3O5S. The van der Waals surface area contributed by atoms with Crippen LogP contribution in [0.1, 0.15) is 23.4 Å². The highest BCUT2D eigenvalue weighted by atomic mass is 32.2. The van der Waals surface area contributed by atoms with Crippen LogP contribution in [0.15, 0.2) is 59.0 Å². The minimum absolute atomic E-state index is 0.299. The molecule has 1 amide bonds. The minimum atomic E-state index is -3.70. The first-order valence-electron chi connectivity index (χ1n) is 11.1. The van der Waals surface area contributed by atoms with Crippen LogP contribution in [0.25, 0.3) is 11.5 Å². The summed E-state index contributed by atoms with van der Waals surface area (Å²) in [6.45, 7) is 3.68. The summed E-state index contributed by atoms with van der Waals surface area (Å²) in [6, 6.07) is 17.3. The number of oxazole rings is 1. The van der Waals surface area contributed by atoms with Crippen LogP contribution in [0, 0.1) is 6.92 Å². The summed E-state index contributed by atoms with van der Waals surface area (Å²) >= 11 is 0. The predicted octanol–water partition coefficient (Wildman–Crippen LogP) is 3.21. The Morgan fingerprint density at radius 2 is 1.91 bits per heavy atom. The van der Waals surface area contributed by atoms with Crippen LogP contribution in [0.3, 0.4) is 0 Å². The van der Waals surface area contributed by atoms with E-state index in [0.29, 0.717) is 35.2 Å². The predicted molar refractivity (Wildman–Crippen MR) is 131 cm³/mol. The quantitative estimate of drug-likeness (QED) is 0.393. The van der Waals surface area contributed by atoms with Gasteiger partial charge in [0.05, 0.1) is 18.6 Å². The zero-order valence-electron chi connectivity index (χ0n) is 19.8. The second-order valence-electron chi connectivity index (χ2n) is 8.21. The summed E-state index contributed by atoms with van der Waals surface area (Å²) in [6.07, 6.45) is 0.724. The Labute approximate surface area is 200 Å². The molecule has 0 aliphatic rings. The van der Waals surface area contributed by atoms with Crippen LogP contribution in [0.5, 0.6) is 5.75 Å². The number of rotatable bonds is 12. The number of benzene rings is 2. The van der Waals surface area contributed by atoms with Crippen molar-refractivity contribution in [2.75, 3.05) is 33.0 Å². The maximum Gasteiger partial charge on any atom is 0.235 e. The number of aryl methyl sites for hydroxylation is 1. The number of sulfone groups is 1. The van der Waals surface area contributed by atoms with Gasteiger partial charge in [-0.05, 0) is 50.7 Å². The standard InChI is InChI=1S/C25H31N3O5S/c1-19-23(27-25(33-19)21-11-7-12-22(15-21)32-3)17-34(30,31)18-24(29)26-13-8-14-28(2)16-20-9-5-4-6-10-20/h4-7,9-12,15H,8,13-14,16-18H2,1-3H3,(H,26,29). The maximum atomic E-state index is 12.6. The van der Waals surface area contributed by atoms with Crippen molar-refractivity contribution in [2.45, 2.75) is 25.6 Å². The van der Waals surface area contributed by atoms with Gasteiger partial charge in [0, 0.05) is 18.7 Å². The zero-order valence-corrected chi connectivity index (χ0v) is 20.6. The number of hydrogen-bond donors (Lipinski definition) is 1. The molecule has 0 saturated heterocycles. The smallest absolute Gasteiger partial charge is 0.235 e. The summed E-state index contributed by atoms with van der Waals surface area (Å²) in [5.41, 5.74) is 2.20. The lowest BCUT2D eigenvalue weighted by Gasteiger charge is -2.16. The van der Waals surface area contributed by atoms with Crippen LogP contribution in [-0.2, 0) is 26.9 Å². The Balaban J connectivity index is 1.46. The first-order valence-corrected chi connectivity index (χ1v) is 12.9. The first-order chi connectivity index (χ1) is 16.3. The fourth-order valence-corrected chi connectivity index (χ4v) is 4.79. The number of methoxy groups -OCH3 is 1. The molecule has 0 fully saturated rings. The normalized spacial score (nSPS) is 11.5. The SMILES string of the molecule is COc1cccc(-c2nc(CS(=O)(=O)CC(=O)NCCCN(C)Cc3ccccc3)c(C)o2)c1. The van der Waals surface area contributed by atoms with Gasteiger partial charge in [0.1, 0.15) is 17.3 Å². The van der Waals surface area contributed by atoms with Gasteiger partial charge in [-0.1, -0.05) is 36.4 Å². The molecule has 1 aromatic heterocycles. The van der Waals surface area contributed by atoms with Gasteiger partial charge in [0.2, 0.25) is 11.8 Å². The van der Waals surface area contributed by atoms with E-state index in [4.69, 9.17) is 9.15 Å². The fraction of sp³-hybridized carbons (Fsp3) is 0.360. The minimum Gasteiger partial charge on any atom is -0.497 e. The zero-order chi connectivity index (χ0) is 24.6. The van der Waals surface area contributed by atoms with Gasteiger partial charge in [-0.2, -0.15) is 0 Å². The van der Waals surface area contributed by atoms with Gasteiger partial charge >= 0.3 is 0 Å². The lowest BCUT2D eigenvalue weighted by atomic mass is 10.2. The van der Waals surface area contributed by atoms with Crippen molar-refractivity contribution in [3.8, 4) is 17.2 Å². The topological polar surface area (TPSA) is 102 Å². The van der Waals surface area contributed by atoms with Crippen molar-refractivity contribution >= 4 is 15.7 Å². The molecule has 0 spiro atoms. The largest absolute Gasteiger partial charge is 0.497 e. The molecule has 0 radical (unpaired) electrons. The number of carbonyl (C=O) groups excluding carboxylic acids is 1. The Hall–Kier alpha value is -3.17. The van der Waals surface area contributed by atoms with E-state index < -0.39 is 21.5 Å². The molecule has 0 atom stereocenters. The summed E-state index contributed by atoms with van der Waals surface area (Å²) < 4.78 is 36.0. The molecule has 182 valence electrons. The molecule has 1 heterocycles. The number of nitrogens with one attached hydrogen (secondary N) is 1. The van der Waals surface area contributed by atoms with Crippen molar-refractivity contribution in [1.29, 1.82) is 0 Å². The van der Waals surface area contributed by atoms with E-state index in [1.54, 1.807) is 38.3 Å². The van der Waals surface area contributed by atoms with E-state index in [9.17, 15) is 13.2 Å². The summed E-state index contributed by atoms with van der Waals surface area (Å²) in [5, 5.41) is 2.70. The Kier molecular flexibility index (Phi) is 8.84. The van der Waals surface area contributed by atoms with Crippen molar-refractivity contribution in [1.82, 2.24) is 15.2 Å². The van der Waals surface area contributed by atoms with E-state index in [0.717, 1.165) is 19.5 Å². The fourth-order valence-electron chi connectivity index (χ4n) is 3.50. The third kappa shape index (κ3) is 7.71. The van der Waals surface area contributed by atoms with E-state index in [1.165, 1.54) is 5.56 Å². The molecular weight excluding hydrogens is 454 g/mol. The van der Waals surface area contributed by atoms with Crippen LogP contribution < -0.4 is 10.1 Å². The number of nitrogens with zero attached hydrogens (tertiary/aromatic N) is 2. The average Bonchev–Trinajstić information content (AvgIpc) is 3.16.